The summed E-state index contributed by atoms with van der Waals surface area (Å²) in [6.07, 6.45) is 4.61. The van der Waals surface area contributed by atoms with Crippen molar-refractivity contribution >= 4 is 21.8 Å². The zero-order chi connectivity index (χ0) is 22.2. The third-order valence-corrected chi connectivity index (χ3v) is 9.06. The van der Waals surface area contributed by atoms with E-state index in [2.05, 4.69) is 11.8 Å². The van der Waals surface area contributed by atoms with Crippen LogP contribution in [0.2, 0.25) is 0 Å². The largest absolute Gasteiger partial charge is 0.301 e. The lowest BCUT2D eigenvalue weighted by Crippen LogP contribution is -2.48. The van der Waals surface area contributed by atoms with E-state index in [0.717, 1.165) is 51.7 Å². The van der Waals surface area contributed by atoms with Crippen molar-refractivity contribution in [2.75, 3.05) is 32.7 Å². The minimum Gasteiger partial charge on any atom is -0.301 e. The Morgan fingerprint density at radius 3 is 2.16 bits per heavy atom. The minimum absolute atomic E-state index is 0.0910. The number of sulfonamides is 1. The van der Waals surface area contributed by atoms with E-state index < -0.39 is 10.0 Å². The monoisotopic (exact) mass is 447 g/mol. The Labute approximate surface area is 185 Å². The van der Waals surface area contributed by atoms with Crippen LogP contribution in [-0.2, 0) is 26.2 Å². The van der Waals surface area contributed by atoms with Crippen LogP contribution >= 0.6 is 0 Å². The highest BCUT2D eigenvalue weighted by atomic mass is 32.2. The lowest BCUT2D eigenvalue weighted by Gasteiger charge is -2.34. The number of aryl methyl sites for hydroxylation is 1. The summed E-state index contributed by atoms with van der Waals surface area (Å²) in [5.74, 6) is -0.554. The topological polar surface area (TPSA) is 78.0 Å². The number of carbonyl (C=O) groups is 2. The van der Waals surface area contributed by atoms with Crippen molar-refractivity contribution in [1.82, 2.24) is 14.1 Å². The summed E-state index contributed by atoms with van der Waals surface area (Å²) in [6, 6.07) is 5.27. The number of benzene rings is 1. The first kappa shape index (κ1) is 22.4. The fourth-order valence-corrected chi connectivity index (χ4v) is 6.94. The highest BCUT2D eigenvalue weighted by Crippen LogP contribution is 2.38. The Bertz CT molecular complexity index is 930. The van der Waals surface area contributed by atoms with Crippen molar-refractivity contribution in [2.45, 2.75) is 57.4 Å². The van der Waals surface area contributed by atoms with Crippen LogP contribution in [0.4, 0.5) is 0 Å². The quantitative estimate of drug-likeness (QED) is 0.626. The fourth-order valence-electron chi connectivity index (χ4n) is 5.24. The molecule has 1 aliphatic carbocycles. The molecule has 0 spiro atoms. The maximum atomic E-state index is 13.4. The number of nitrogens with zero attached hydrogens (tertiary/aromatic N) is 3. The summed E-state index contributed by atoms with van der Waals surface area (Å²) >= 11 is 0. The van der Waals surface area contributed by atoms with Crippen molar-refractivity contribution in [1.29, 1.82) is 0 Å². The maximum Gasteiger partial charge on any atom is 0.243 e. The van der Waals surface area contributed by atoms with Crippen LogP contribution in [0.15, 0.2) is 23.1 Å². The van der Waals surface area contributed by atoms with E-state index in [0.29, 0.717) is 24.2 Å². The normalized spacial score (nSPS) is 25.8. The number of amides is 2. The summed E-state index contributed by atoms with van der Waals surface area (Å²) < 4.78 is 28.3. The van der Waals surface area contributed by atoms with Crippen LogP contribution in [0, 0.1) is 18.8 Å². The van der Waals surface area contributed by atoms with E-state index in [9.17, 15) is 18.0 Å². The molecule has 3 aliphatic rings. The molecule has 2 saturated heterocycles. The average Bonchev–Trinajstić information content (AvgIpc) is 3.00. The molecule has 2 heterocycles. The first-order valence-electron chi connectivity index (χ1n) is 11.5. The average molecular weight is 448 g/mol. The van der Waals surface area contributed by atoms with Crippen molar-refractivity contribution in [3.05, 3.63) is 29.3 Å². The predicted octanol–water partition coefficient (Wildman–Crippen LogP) is 2.39. The maximum absolute atomic E-state index is 13.4. The fraction of sp³-hybridized carbons (Fsp3) is 0.652. The van der Waals surface area contributed by atoms with Crippen LogP contribution in [0.3, 0.4) is 0 Å². The molecule has 31 heavy (non-hydrogen) atoms. The SMILES string of the molecule is CCCN1CCN(S(=O)(=O)c2cc(CN3C(=O)[C@H]4CCCC[C@H]4C3=O)ccc2C)CC1. The van der Waals surface area contributed by atoms with Gasteiger partial charge in [-0.05, 0) is 49.9 Å². The Morgan fingerprint density at radius 1 is 0.968 bits per heavy atom. The van der Waals surface area contributed by atoms with Gasteiger partial charge in [0.15, 0.2) is 0 Å². The summed E-state index contributed by atoms with van der Waals surface area (Å²) in [7, 11) is -3.62. The van der Waals surface area contributed by atoms with Crippen molar-refractivity contribution in [3.63, 3.8) is 0 Å². The number of hydrogen-bond acceptors (Lipinski definition) is 5. The van der Waals surface area contributed by atoms with Crippen molar-refractivity contribution in [3.8, 4) is 0 Å². The van der Waals surface area contributed by atoms with E-state index in [-0.39, 0.29) is 35.1 Å². The Hall–Kier alpha value is -1.77. The first-order valence-corrected chi connectivity index (χ1v) is 12.9. The van der Waals surface area contributed by atoms with Crippen LogP contribution in [-0.4, -0.2) is 67.1 Å². The standard InChI is InChI=1S/C23H33N3O4S/c1-3-10-24-11-13-25(14-12-24)31(29,30)21-15-18(9-8-17(21)2)16-26-22(27)19-6-4-5-7-20(19)23(26)28/h8-9,15,19-20H,3-7,10-14,16H2,1-2H3/t19-,20+. The molecule has 1 aromatic rings. The first-order chi connectivity index (χ1) is 14.8. The van der Waals surface area contributed by atoms with E-state index in [4.69, 9.17) is 0 Å². The second kappa shape index (κ2) is 9.00. The molecule has 0 unspecified atom stereocenters. The van der Waals surface area contributed by atoms with Crippen LogP contribution in [0.5, 0.6) is 0 Å². The van der Waals surface area contributed by atoms with Gasteiger partial charge in [-0.1, -0.05) is 31.9 Å². The third-order valence-electron chi connectivity index (χ3n) is 7.01. The Balaban J connectivity index is 1.52. The third kappa shape index (κ3) is 4.30. The molecule has 0 aromatic heterocycles. The summed E-state index contributed by atoms with van der Waals surface area (Å²) in [6.45, 7) is 7.52. The van der Waals surface area contributed by atoms with Gasteiger partial charge in [-0.3, -0.25) is 14.5 Å². The molecular formula is C23H33N3O4S. The van der Waals surface area contributed by atoms with Gasteiger partial charge in [-0.15, -0.1) is 0 Å². The second-order valence-corrected chi connectivity index (χ2v) is 11.0. The van der Waals surface area contributed by atoms with Gasteiger partial charge in [-0.2, -0.15) is 4.31 Å². The molecule has 2 aliphatic heterocycles. The van der Waals surface area contributed by atoms with E-state index in [1.807, 2.05) is 6.07 Å². The number of carbonyl (C=O) groups excluding carboxylic acids is 2. The molecule has 170 valence electrons. The highest BCUT2D eigenvalue weighted by molar-refractivity contribution is 7.89. The smallest absolute Gasteiger partial charge is 0.243 e. The zero-order valence-corrected chi connectivity index (χ0v) is 19.4. The minimum atomic E-state index is -3.62. The van der Waals surface area contributed by atoms with Crippen LogP contribution in [0.1, 0.15) is 50.2 Å². The van der Waals surface area contributed by atoms with E-state index >= 15 is 0 Å². The van der Waals surface area contributed by atoms with Gasteiger partial charge in [-0.25, -0.2) is 8.42 Å². The Kier molecular flexibility index (Phi) is 6.51. The van der Waals surface area contributed by atoms with Gasteiger partial charge < -0.3 is 4.90 Å². The summed E-state index contributed by atoms with van der Waals surface area (Å²) in [5, 5.41) is 0. The Morgan fingerprint density at radius 2 is 1.58 bits per heavy atom. The zero-order valence-electron chi connectivity index (χ0n) is 18.5. The van der Waals surface area contributed by atoms with Gasteiger partial charge in [0.1, 0.15) is 0 Å². The van der Waals surface area contributed by atoms with Gasteiger partial charge >= 0.3 is 0 Å². The van der Waals surface area contributed by atoms with Crippen LogP contribution in [0.25, 0.3) is 0 Å². The van der Waals surface area contributed by atoms with Crippen molar-refractivity contribution in [2.24, 2.45) is 11.8 Å². The molecule has 2 atom stereocenters. The number of hydrogen-bond donors (Lipinski definition) is 0. The van der Waals surface area contributed by atoms with E-state index in [1.54, 1.807) is 23.4 Å². The molecule has 3 fully saturated rings. The predicted molar refractivity (Wildman–Crippen MR) is 118 cm³/mol. The molecule has 1 aromatic carbocycles. The van der Waals surface area contributed by atoms with Gasteiger partial charge in [0, 0.05) is 26.2 Å². The van der Waals surface area contributed by atoms with Gasteiger partial charge in [0.2, 0.25) is 21.8 Å². The molecule has 4 rings (SSSR count). The summed E-state index contributed by atoms with van der Waals surface area (Å²) in [4.78, 5) is 29.5. The summed E-state index contributed by atoms with van der Waals surface area (Å²) in [5.41, 5.74) is 1.38. The molecule has 7 nitrogen and oxygen atoms in total. The molecular weight excluding hydrogens is 414 g/mol. The second-order valence-electron chi connectivity index (χ2n) is 9.11. The van der Waals surface area contributed by atoms with Gasteiger partial charge in [0.25, 0.3) is 0 Å². The molecule has 0 bridgehead atoms. The van der Waals surface area contributed by atoms with Gasteiger partial charge in [0.05, 0.1) is 23.3 Å². The number of imide groups is 1. The molecule has 0 radical (unpaired) electrons. The lowest BCUT2D eigenvalue weighted by molar-refractivity contribution is -0.140. The number of likely N-dealkylation sites (tertiary alicyclic amines) is 1. The number of piperazine rings is 1. The number of rotatable bonds is 6. The molecule has 8 heteroatoms. The highest BCUT2D eigenvalue weighted by Gasteiger charge is 2.48. The van der Waals surface area contributed by atoms with E-state index in [1.165, 1.54) is 4.90 Å². The van der Waals surface area contributed by atoms with Crippen molar-refractivity contribution < 1.29 is 18.0 Å². The lowest BCUT2D eigenvalue weighted by atomic mass is 9.81. The number of fused-ring (bicyclic) bond motifs is 1. The van der Waals surface area contributed by atoms with Crippen LogP contribution < -0.4 is 0 Å². The molecule has 0 N–H and O–H groups in total. The molecule has 1 saturated carbocycles. The molecule has 2 amide bonds.